The Labute approximate surface area is 114 Å². The molecule has 3 rings (SSSR count). The minimum atomic E-state index is -2.80. The van der Waals surface area contributed by atoms with Gasteiger partial charge in [0, 0.05) is 13.0 Å². The molecule has 1 saturated heterocycles. The number of amides is 1. The predicted molar refractivity (Wildman–Crippen MR) is 66.2 cm³/mol. The Morgan fingerprint density at radius 1 is 1.55 bits per heavy atom. The monoisotopic (exact) mass is 285 g/mol. The molecule has 2 atom stereocenters. The van der Waals surface area contributed by atoms with Gasteiger partial charge in [0.15, 0.2) is 0 Å². The number of fused-ring (bicyclic) bond motifs is 1. The number of halogens is 2. The Hall–Kier alpha value is -1.57. The smallest absolute Gasteiger partial charge is 0.262 e. The normalized spacial score (nSPS) is 28.1. The largest absolute Gasteiger partial charge is 0.345 e. The molecule has 0 bridgehead atoms. The first-order valence-corrected chi connectivity index (χ1v) is 6.77. The molecule has 1 aromatic rings. The van der Waals surface area contributed by atoms with Crippen molar-refractivity contribution in [1.29, 1.82) is 0 Å². The summed E-state index contributed by atoms with van der Waals surface area (Å²) in [6.07, 6.45) is 1.19. The summed E-state index contributed by atoms with van der Waals surface area (Å²) in [7, 11) is 0. The topological polar surface area (TPSA) is 71.8 Å². The van der Waals surface area contributed by atoms with E-state index in [9.17, 15) is 13.6 Å². The van der Waals surface area contributed by atoms with Crippen LogP contribution in [0.2, 0.25) is 0 Å². The molecule has 110 valence electrons. The number of aromatic nitrogens is 3. The fraction of sp³-hybridized carbons (Fsp3) is 0.750. The van der Waals surface area contributed by atoms with E-state index in [0.717, 1.165) is 19.4 Å². The maximum atomic E-state index is 13.1. The van der Waals surface area contributed by atoms with Gasteiger partial charge in [-0.05, 0) is 19.8 Å². The standard InChI is InChI=1S/C12H17F2N5O/c1-7-16-10-8(3-2-4-19(10)18-7)17-11(20)9-5-12(13,14)6-15-9/h8-9,15H,2-6H2,1H3,(H,17,20)/t8-,9+/m1/s1. The highest BCUT2D eigenvalue weighted by Crippen LogP contribution is 2.27. The van der Waals surface area contributed by atoms with E-state index in [-0.39, 0.29) is 11.9 Å². The van der Waals surface area contributed by atoms with Crippen LogP contribution in [0.5, 0.6) is 0 Å². The van der Waals surface area contributed by atoms with Crippen molar-refractivity contribution < 1.29 is 13.6 Å². The van der Waals surface area contributed by atoms with Gasteiger partial charge in [-0.15, -0.1) is 0 Å². The van der Waals surface area contributed by atoms with Crippen LogP contribution < -0.4 is 10.6 Å². The van der Waals surface area contributed by atoms with E-state index in [0.29, 0.717) is 11.6 Å². The number of nitrogens with one attached hydrogen (secondary N) is 2. The molecule has 1 aromatic heterocycles. The summed E-state index contributed by atoms with van der Waals surface area (Å²) in [6.45, 7) is 2.14. The minimum absolute atomic E-state index is 0.242. The van der Waals surface area contributed by atoms with Crippen molar-refractivity contribution in [2.45, 2.75) is 50.7 Å². The Kier molecular flexibility index (Phi) is 3.19. The van der Waals surface area contributed by atoms with Crippen LogP contribution in [0.15, 0.2) is 0 Å². The zero-order chi connectivity index (χ0) is 14.3. The van der Waals surface area contributed by atoms with Crippen LogP contribution in [0.4, 0.5) is 8.78 Å². The highest BCUT2D eigenvalue weighted by atomic mass is 19.3. The summed E-state index contributed by atoms with van der Waals surface area (Å²) in [5.41, 5.74) is 0. The van der Waals surface area contributed by atoms with Crippen molar-refractivity contribution in [3.63, 3.8) is 0 Å². The molecule has 20 heavy (non-hydrogen) atoms. The molecule has 0 spiro atoms. The first-order chi connectivity index (χ1) is 9.44. The summed E-state index contributed by atoms with van der Waals surface area (Å²) < 4.78 is 28.0. The second-order valence-electron chi connectivity index (χ2n) is 5.44. The van der Waals surface area contributed by atoms with Crippen molar-refractivity contribution in [2.75, 3.05) is 6.54 Å². The molecule has 3 heterocycles. The van der Waals surface area contributed by atoms with E-state index in [4.69, 9.17) is 0 Å². The Morgan fingerprint density at radius 2 is 2.35 bits per heavy atom. The molecule has 0 radical (unpaired) electrons. The molecule has 0 unspecified atom stereocenters. The van der Waals surface area contributed by atoms with Gasteiger partial charge in [-0.2, -0.15) is 5.10 Å². The van der Waals surface area contributed by atoms with Crippen LogP contribution in [-0.2, 0) is 11.3 Å². The van der Waals surface area contributed by atoms with Gasteiger partial charge in [0.05, 0.1) is 18.6 Å². The third-order valence-corrected chi connectivity index (χ3v) is 3.72. The van der Waals surface area contributed by atoms with Gasteiger partial charge < -0.3 is 5.32 Å². The summed E-state index contributed by atoms with van der Waals surface area (Å²) in [5, 5.41) is 9.62. The van der Waals surface area contributed by atoms with E-state index in [1.54, 1.807) is 11.6 Å². The van der Waals surface area contributed by atoms with E-state index in [1.165, 1.54) is 0 Å². The molecular formula is C12H17F2N5O. The van der Waals surface area contributed by atoms with Gasteiger partial charge in [-0.3, -0.25) is 10.1 Å². The summed E-state index contributed by atoms with van der Waals surface area (Å²) in [4.78, 5) is 16.4. The summed E-state index contributed by atoms with van der Waals surface area (Å²) in [5.74, 6) is -1.81. The van der Waals surface area contributed by atoms with E-state index >= 15 is 0 Å². The van der Waals surface area contributed by atoms with Crippen molar-refractivity contribution >= 4 is 5.91 Å². The fourth-order valence-electron chi connectivity index (χ4n) is 2.78. The van der Waals surface area contributed by atoms with Gasteiger partial charge in [-0.25, -0.2) is 18.4 Å². The Balaban J connectivity index is 1.68. The third kappa shape index (κ3) is 2.52. The molecule has 1 fully saturated rings. The van der Waals surface area contributed by atoms with Crippen LogP contribution in [0.25, 0.3) is 0 Å². The van der Waals surface area contributed by atoms with E-state index in [2.05, 4.69) is 20.7 Å². The third-order valence-electron chi connectivity index (χ3n) is 3.72. The predicted octanol–water partition coefficient (Wildman–Crippen LogP) is 0.535. The molecule has 0 aliphatic carbocycles. The van der Waals surface area contributed by atoms with Crippen molar-refractivity contribution in [3.8, 4) is 0 Å². The molecule has 0 saturated carbocycles. The van der Waals surface area contributed by atoms with Crippen LogP contribution >= 0.6 is 0 Å². The lowest BCUT2D eigenvalue weighted by molar-refractivity contribution is -0.124. The summed E-state index contributed by atoms with van der Waals surface area (Å²) >= 11 is 0. The number of carbonyl (C=O) groups excluding carboxylic acids is 1. The SMILES string of the molecule is Cc1nc2n(n1)CCC[C@H]2NC(=O)[C@@H]1CC(F)(F)CN1. The first kappa shape index (κ1) is 13.4. The van der Waals surface area contributed by atoms with Crippen LogP contribution in [-0.4, -0.2) is 39.2 Å². The molecule has 2 aliphatic rings. The highest BCUT2D eigenvalue weighted by Gasteiger charge is 2.43. The lowest BCUT2D eigenvalue weighted by atomic mass is 10.1. The van der Waals surface area contributed by atoms with Gasteiger partial charge >= 0.3 is 0 Å². The van der Waals surface area contributed by atoms with Crippen molar-refractivity contribution in [1.82, 2.24) is 25.4 Å². The lowest BCUT2D eigenvalue weighted by Gasteiger charge is -2.24. The number of carbonyl (C=O) groups is 1. The molecule has 1 amide bonds. The summed E-state index contributed by atoms with van der Waals surface area (Å²) in [6, 6.07) is -1.07. The maximum Gasteiger partial charge on any atom is 0.262 e. The Morgan fingerprint density at radius 3 is 3.05 bits per heavy atom. The number of rotatable bonds is 2. The number of nitrogens with zero attached hydrogens (tertiary/aromatic N) is 3. The second kappa shape index (κ2) is 4.76. The van der Waals surface area contributed by atoms with Gasteiger partial charge in [0.25, 0.3) is 5.92 Å². The van der Waals surface area contributed by atoms with Crippen LogP contribution in [0.1, 0.15) is 37.0 Å². The highest BCUT2D eigenvalue weighted by molar-refractivity contribution is 5.82. The number of hydrogen-bond donors (Lipinski definition) is 2. The Bertz CT molecular complexity index is 530. The minimum Gasteiger partial charge on any atom is -0.345 e. The quantitative estimate of drug-likeness (QED) is 0.831. The maximum absolute atomic E-state index is 13.1. The van der Waals surface area contributed by atoms with E-state index in [1.807, 2.05) is 0 Å². The van der Waals surface area contributed by atoms with Gasteiger partial charge in [-0.1, -0.05) is 0 Å². The fourth-order valence-corrected chi connectivity index (χ4v) is 2.78. The van der Waals surface area contributed by atoms with Crippen molar-refractivity contribution in [3.05, 3.63) is 11.6 Å². The number of alkyl halides is 2. The zero-order valence-corrected chi connectivity index (χ0v) is 11.2. The molecule has 2 aliphatic heterocycles. The lowest BCUT2D eigenvalue weighted by Crippen LogP contribution is -2.43. The molecule has 0 aromatic carbocycles. The van der Waals surface area contributed by atoms with Crippen molar-refractivity contribution in [2.24, 2.45) is 0 Å². The van der Waals surface area contributed by atoms with Gasteiger partial charge in [0.2, 0.25) is 5.91 Å². The van der Waals surface area contributed by atoms with Gasteiger partial charge in [0.1, 0.15) is 11.6 Å². The average molecular weight is 285 g/mol. The van der Waals surface area contributed by atoms with E-state index < -0.39 is 24.9 Å². The molecular weight excluding hydrogens is 268 g/mol. The molecule has 2 N–H and O–H groups in total. The zero-order valence-electron chi connectivity index (χ0n) is 11.2. The second-order valence-corrected chi connectivity index (χ2v) is 5.44. The molecule has 6 nitrogen and oxygen atoms in total. The first-order valence-electron chi connectivity index (χ1n) is 6.77. The average Bonchev–Trinajstić information content (AvgIpc) is 2.91. The van der Waals surface area contributed by atoms with Crippen LogP contribution in [0, 0.1) is 6.92 Å². The van der Waals surface area contributed by atoms with Crippen LogP contribution in [0.3, 0.4) is 0 Å². The number of aryl methyl sites for hydroxylation is 2. The molecule has 8 heteroatoms. The number of hydrogen-bond acceptors (Lipinski definition) is 4.